The smallest absolute Gasteiger partial charge is 0.147 e. The Hall–Kier alpha value is -1.62. The summed E-state index contributed by atoms with van der Waals surface area (Å²) in [6.07, 6.45) is 3.81. The maximum Gasteiger partial charge on any atom is 0.147 e. The summed E-state index contributed by atoms with van der Waals surface area (Å²) in [5.41, 5.74) is 1.62. The standard InChI is InChI=1S/C18H26ClFN4/c1-5-14-11-12(2)13(3)22-23-24(4)10-9-17(14)21-18-15(19)7-6-8-16(18)20/h5-8,12-13,17,21H,9-11H2,1-4H3/b14-5+,23-22?/t12-,13?,17?/m0/s1. The number of benzene rings is 1. The minimum absolute atomic E-state index is 0.00907. The van der Waals surface area contributed by atoms with Crippen LogP contribution >= 0.6 is 11.6 Å². The van der Waals surface area contributed by atoms with Gasteiger partial charge in [-0.2, -0.15) is 5.11 Å². The van der Waals surface area contributed by atoms with E-state index in [4.69, 9.17) is 11.6 Å². The average Bonchev–Trinajstić information content (AvgIpc) is 2.56. The average molecular weight is 353 g/mol. The maximum atomic E-state index is 14.2. The zero-order valence-corrected chi connectivity index (χ0v) is 15.5. The summed E-state index contributed by atoms with van der Waals surface area (Å²) in [7, 11) is 1.91. The molecule has 1 heterocycles. The molecule has 1 aliphatic heterocycles. The minimum atomic E-state index is -0.329. The van der Waals surface area contributed by atoms with Gasteiger partial charge >= 0.3 is 0 Å². The van der Waals surface area contributed by atoms with E-state index in [2.05, 4.69) is 35.6 Å². The van der Waals surface area contributed by atoms with Crippen molar-refractivity contribution in [2.75, 3.05) is 18.9 Å². The Kier molecular flexibility index (Phi) is 6.60. The molecular weight excluding hydrogens is 327 g/mol. The van der Waals surface area contributed by atoms with Gasteiger partial charge in [-0.25, -0.2) is 4.39 Å². The van der Waals surface area contributed by atoms with Crippen LogP contribution in [0.4, 0.5) is 10.1 Å². The van der Waals surface area contributed by atoms with E-state index in [1.54, 1.807) is 12.1 Å². The Bertz CT molecular complexity index is 597. The molecule has 0 bridgehead atoms. The summed E-state index contributed by atoms with van der Waals surface area (Å²) in [6, 6.07) is 4.89. The molecule has 3 atom stereocenters. The van der Waals surface area contributed by atoms with Gasteiger partial charge in [-0.1, -0.05) is 41.5 Å². The predicted octanol–water partition coefficient (Wildman–Crippen LogP) is 5.32. The van der Waals surface area contributed by atoms with Gasteiger partial charge in [0.1, 0.15) is 5.82 Å². The van der Waals surface area contributed by atoms with E-state index in [1.165, 1.54) is 11.6 Å². The molecule has 0 aliphatic carbocycles. The van der Waals surface area contributed by atoms with Crippen LogP contribution < -0.4 is 5.32 Å². The number of halogens is 2. The van der Waals surface area contributed by atoms with E-state index >= 15 is 0 Å². The lowest BCUT2D eigenvalue weighted by Crippen LogP contribution is -2.30. The Balaban J connectivity index is 2.29. The van der Waals surface area contributed by atoms with Crippen molar-refractivity contribution in [2.45, 2.75) is 45.7 Å². The van der Waals surface area contributed by atoms with Crippen molar-refractivity contribution in [3.05, 3.63) is 40.7 Å². The van der Waals surface area contributed by atoms with Gasteiger partial charge in [0.25, 0.3) is 0 Å². The van der Waals surface area contributed by atoms with E-state index in [1.807, 2.05) is 19.0 Å². The highest BCUT2D eigenvalue weighted by molar-refractivity contribution is 6.33. The van der Waals surface area contributed by atoms with Crippen molar-refractivity contribution < 1.29 is 4.39 Å². The number of para-hydroxylation sites is 1. The Morgan fingerprint density at radius 1 is 1.38 bits per heavy atom. The Morgan fingerprint density at radius 3 is 2.79 bits per heavy atom. The molecule has 0 saturated heterocycles. The number of hydrogen-bond acceptors (Lipinski definition) is 4. The Morgan fingerprint density at radius 2 is 2.12 bits per heavy atom. The van der Waals surface area contributed by atoms with E-state index < -0.39 is 0 Å². The van der Waals surface area contributed by atoms with Gasteiger partial charge in [-0.15, -0.1) is 0 Å². The fourth-order valence-electron chi connectivity index (χ4n) is 2.81. The van der Waals surface area contributed by atoms with E-state index in [9.17, 15) is 4.39 Å². The second-order valence-corrected chi connectivity index (χ2v) is 6.86. The lowest BCUT2D eigenvalue weighted by Gasteiger charge is -2.29. The van der Waals surface area contributed by atoms with Gasteiger partial charge in [0.2, 0.25) is 0 Å². The van der Waals surface area contributed by atoms with Crippen molar-refractivity contribution in [1.82, 2.24) is 5.01 Å². The van der Waals surface area contributed by atoms with Crippen molar-refractivity contribution in [3.63, 3.8) is 0 Å². The number of nitrogens with zero attached hydrogens (tertiary/aromatic N) is 3. The third-order valence-corrected chi connectivity index (χ3v) is 4.92. The van der Waals surface area contributed by atoms with Crippen LogP contribution in [-0.2, 0) is 0 Å². The van der Waals surface area contributed by atoms with Crippen LogP contribution in [-0.4, -0.2) is 30.7 Å². The fraction of sp³-hybridized carbons (Fsp3) is 0.556. The lowest BCUT2D eigenvalue weighted by atomic mass is 9.89. The van der Waals surface area contributed by atoms with Gasteiger partial charge in [-0.3, -0.25) is 5.01 Å². The van der Waals surface area contributed by atoms with Crippen LogP contribution in [0.1, 0.15) is 33.6 Å². The van der Waals surface area contributed by atoms with E-state index in [-0.39, 0.29) is 17.9 Å². The van der Waals surface area contributed by atoms with Gasteiger partial charge < -0.3 is 5.32 Å². The van der Waals surface area contributed by atoms with Crippen LogP contribution in [0.25, 0.3) is 0 Å². The summed E-state index contributed by atoms with van der Waals surface area (Å²) in [6.45, 7) is 7.00. The number of nitrogens with one attached hydrogen (secondary N) is 1. The molecule has 6 heteroatoms. The summed E-state index contributed by atoms with van der Waals surface area (Å²) >= 11 is 6.19. The molecule has 4 nitrogen and oxygen atoms in total. The first-order valence-electron chi connectivity index (χ1n) is 8.40. The number of hydrogen-bond donors (Lipinski definition) is 1. The van der Waals surface area contributed by atoms with E-state index in [0.29, 0.717) is 16.6 Å². The van der Waals surface area contributed by atoms with Crippen LogP contribution in [0.3, 0.4) is 0 Å². The lowest BCUT2D eigenvalue weighted by molar-refractivity contribution is 0.291. The highest BCUT2D eigenvalue weighted by Crippen LogP contribution is 2.30. The summed E-state index contributed by atoms with van der Waals surface area (Å²) < 4.78 is 14.2. The maximum absolute atomic E-state index is 14.2. The molecule has 1 aromatic rings. The molecule has 0 radical (unpaired) electrons. The molecule has 2 rings (SSSR count). The van der Waals surface area contributed by atoms with Crippen LogP contribution in [0.15, 0.2) is 40.2 Å². The number of allylic oxidation sites excluding steroid dienone is 1. The molecule has 0 spiro atoms. The second-order valence-electron chi connectivity index (χ2n) is 6.45. The molecule has 0 aromatic heterocycles. The molecule has 1 N–H and O–H groups in total. The largest absolute Gasteiger partial charge is 0.375 e. The van der Waals surface area contributed by atoms with Gasteiger partial charge in [0.15, 0.2) is 0 Å². The molecule has 2 unspecified atom stereocenters. The molecule has 0 fully saturated rings. The molecule has 0 saturated carbocycles. The predicted molar refractivity (Wildman–Crippen MR) is 97.9 cm³/mol. The zero-order valence-electron chi connectivity index (χ0n) is 14.8. The molecule has 132 valence electrons. The van der Waals surface area contributed by atoms with Crippen LogP contribution in [0.5, 0.6) is 0 Å². The SMILES string of the molecule is C/C=C1\C[C@H](C)C(C)N=NN(C)CCC1Nc1c(F)cccc1Cl. The summed E-state index contributed by atoms with van der Waals surface area (Å²) in [5, 5.41) is 14.2. The molecule has 1 aromatic carbocycles. The Labute approximate surface area is 148 Å². The van der Waals surface area contributed by atoms with Crippen molar-refractivity contribution in [2.24, 2.45) is 16.3 Å². The van der Waals surface area contributed by atoms with E-state index in [0.717, 1.165) is 19.4 Å². The van der Waals surface area contributed by atoms with Gasteiger partial charge in [0.05, 0.1) is 16.8 Å². The normalized spacial score (nSPS) is 27.3. The molecule has 1 aliphatic rings. The topological polar surface area (TPSA) is 40.0 Å². The first-order valence-corrected chi connectivity index (χ1v) is 8.77. The number of anilines is 1. The monoisotopic (exact) mass is 352 g/mol. The van der Waals surface area contributed by atoms with Crippen molar-refractivity contribution in [3.8, 4) is 0 Å². The molecular formula is C18H26ClFN4. The van der Waals surface area contributed by atoms with Crippen molar-refractivity contribution >= 4 is 17.3 Å². The van der Waals surface area contributed by atoms with Crippen LogP contribution in [0.2, 0.25) is 5.02 Å². The first-order chi connectivity index (χ1) is 11.4. The molecule has 0 amide bonds. The highest BCUT2D eigenvalue weighted by Gasteiger charge is 2.23. The first kappa shape index (κ1) is 18.7. The van der Waals surface area contributed by atoms with Gasteiger partial charge in [-0.05, 0) is 44.7 Å². The quantitative estimate of drug-likeness (QED) is 0.731. The molecule has 24 heavy (non-hydrogen) atoms. The second kappa shape index (κ2) is 8.47. The van der Waals surface area contributed by atoms with Crippen LogP contribution in [0, 0.1) is 11.7 Å². The van der Waals surface area contributed by atoms with Gasteiger partial charge in [0, 0.05) is 19.6 Å². The third-order valence-electron chi connectivity index (χ3n) is 4.61. The minimum Gasteiger partial charge on any atom is -0.375 e. The van der Waals surface area contributed by atoms with Crippen molar-refractivity contribution in [1.29, 1.82) is 0 Å². The summed E-state index contributed by atoms with van der Waals surface area (Å²) in [4.78, 5) is 0. The number of rotatable bonds is 2. The zero-order chi connectivity index (χ0) is 17.7. The summed E-state index contributed by atoms with van der Waals surface area (Å²) in [5.74, 6) is 0.0244. The highest BCUT2D eigenvalue weighted by atomic mass is 35.5. The fourth-order valence-corrected chi connectivity index (χ4v) is 3.03. The third kappa shape index (κ3) is 4.69.